The third-order valence-electron chi connectivity index (χ3n) is 6.12. The summed E-state index contributed by atoms with van der Waals surface area (Å²) in [4.78, 5) is 0. The van der Waals surface area contributed by atoms with Gasteiger partial charge in [-0.15, -0.1) is 0 Å². The summed E-state index contributed by atoms with van der Waals surface area (Å²) in [5.41, 5.74) is 7.84. The van der Waals surface area contributed by atoms with Gasteiger partial charge in [0.25, 0.3) is 11.0 Å². The van der Waals surface area contributed by atoms with E-state index in [1.807, 2.05) is 0 Å². The Kier molecular flexibility index (Phi) is 3.70. The van der Waals surface area contributed by atoms with Crippen molar-refractivity contribution in [2.75, 3.05) is 0 Å². The summed E-state index contributed by atoms with van der Waals surface area (Å²) in [5.74, 6) is 0. The molecule has 1 aliphatic rings. The largest absolute Gasteiger partial charge is 0.285 e. The Bertz CT molecular complexity index is 1250. The lowest BCUT2D eigenvalue weighted by Crippen LogP contribution is -2.34. The van der Waals surface area contributed by atoms with Crippen LogP contribution < -0.4 is 9.13 Å². The van der Waals surface area contributed by atoms with Crippen molar-refractivity contribution in [3.05, 3.63) is 97.3 Å². The maximum atomic E-state index is 2.45. The summed E-state index contributed by atoms with van der Waals surface area (Å²) >= 11 is 0. The minimum atomic E-state index is 1.05. The number of aromatic nitrogens is 2. The van der Waals surface area contributed by atoms with E-state index in [0.29, 0.717) is 0 Å². The predicted octanol–water partition coefficient (Wildman–Crippen LogP) is 5.31. The number of hydrogen-bond acceptors (Lipinski definition) is 0. The van der Waals surface area contributed by atoms with Crippen LogP contribution in [0, 0.1) is 0 Å². The van der Waals surface area contributed by atoms with Crippen molar-refractivity contribution >= 4 is 21.8 Å². The zero-order valence-corrected chi connectivity index (χ0v) is 16.3. The predicted molar refractivity (Wildman–Crippen MR) is 117 cm³/mol. The van der Waals surface area contributed by atoms with Crippen LogP contribution in [0.1, 0.15) is 6.42 Å². The highest BCUT2D eigenvalue weighted by Crippen LogP contribution is 2.34. The van der Waals surface area contributed by atoms with Gasteiger partial charge >= 0.3 is 0 Å². The molecule has 1 aliphatic heterocycles. The normalized spacial score (nSPS) is 13.1. The lowest BCUT2D eigenvalue weighted by molar-refractivity contribution is -0.682. The van der Waals surface area contributed by atoms with Gasteiger partial charge in [0.05, 0.1) is 17.2 Å². The summed E-state index contributed by atoms with van der Waals surface area (Å²) in [5, 5.41) is 2.65. The van der Waals surface area contributed by atoms with Crippen molar-refractivity contribution in [2.24, 2.45) is 0 Å². The van der Waals surface area contributed by atoms with Gasteiger partial charge < -0.3 is 0 Å². The Labute approximate surface area is 170 Å². The van der Waals surface area contributed by atoms with Crippen molar-refractivity contribution < 1.29 is 9.13 Å². The third kappa shape index (κ3) is 2.56. The first kappa shape index (κ1) is 16.4. The van der Waals surface area contributed by atoms with Crippen LogP contribution in [0.5, 0.6) is 0 Å². The van der Waals surface area contributed by atoms with Crippen LogP contribution in [0.15, 0.2) is 97.3 Å². The molecule has 29 heavy (non-hydrogen) atoms. The summed E-state index contributed by atoms with van der Waals surface area (Å²) < 4.78 is 4.89. The number of aryl methyl sites for hydroxylation is 2. The van der Waals surface area contributed by atoms with Crippen LogP contribution in [0.3, 0.4) is 0 Å². The fourth-order valence-corrected chi connectivity index (χ4v) is 4.78. The standard InChI is InChI=1S/C27H22N2/c1-3-8-20(9-4-1)22-14-18-28-16-7-17-29-19-15-23(21-10-5-2-6-11-21)25-13-12-24(22)26(28)27(25)29/h1-6,8-15,18-19H,7,16-17H2/q+2. The van der Waals surface area contributed by atoms with Crippen molar-refractivity contribution in [2.45, 2.75) is 19.5 Å². The molecule has 6 rings (SSSR count). The molecule has 3 aromatic carbocycles. The monoisotopic (exact) mass is 374 g/mol. The lowest BCUT2D eigenvalue weighted by Gasteiger charge is -2.09. The Hall–Kier alpha value is -3.52. The number of nitrogens with zero attached hydrogens (tertiary/aromatic N) is 2. The maximum absolute atomic E-state index is 2.45. The van der Waals surface area contributed by atoms with Gasteiger partial charge in [-0.1, -0.05) is 60.7 Å². The zero-order valence-electron chi connectivity index (χ0n) is 16.3. The van der Waals surface area contributed by atoms with E-state index in [2.05, 4.69) is 106 Å². The van der Waals surface area contributed by atoms with E-state index >= 15 is 0 Å². The van der Waals surface area contributed by atoms with Crippen LogP contribution in [0.2, 0.25) is 0 Å². The quantitative estimate of drug-likeness (QED) is 0.292. The first-order valence-corrected chi connectivity index (χ1v) is 10.3. The van der Waals surface area contributed by atoms with Crippen molar-refractivity contribution in [3.63, 3.8) is 0 Å². The minimum Gasteiger partial charge on any atom is -0.192 e. The molecule has 0 atom stereocenters. The molecule has 0 N–H and O–H groups in total. The summed E-state index contributed by atoms with van der Waals surface area (Å²) in [6.07, 6.45) is 5.69. The van der Waals surface area contributed by atoms with Gasteiger partial charge in [0, 0.05) is 23.3 Å². The highest BCUT2D eigenvalue weighted by Gasteiger charge is 2.28. The van der Waals surface area contributed by atoms with Crippen LogP contribution in [-0.2, 0) is 13.1 Å². The molecule has 0 saturated carbocycles. The first-order valence-electron chi connectivity index (χ1n) is 10.3. The van der Waals surface area contributed by atoms with E-state index in [1.54, 1.807) is 0 Å². The molecule has 138 valence electrons. The second kappa shape index (κ2) is 6.52. The van der Waals surface area contributed by atoms with E-state index in [-0.39, 0.29) is 0 Å². The fraction of sp³-hybridized carbons (Fsp3) is 0.111. The molecule has 0 spiro atoms. The molecule has 2 nitrogen and oxygen atoms in total. The molecular weight excluding hydrogens is 352 g/mol. The molecule has 0 unspecified atom stereocenters. The average Bonchev–Trinajstić information content (AvgIpc) is 2.99. The molecule has 0 aliphatic carbocycles. The van der Waals surface area contributed by atoms with Crippen LogP contribution in [-0.4, -0.2) is 0 Å². The maximum Gasteiger partial charge on any atom is 0.285 e. The molecule has 0 amide bonds. The Morgan fingerprint density at radius 3 is 1.38 bits per heavy atom. The Morgan fingerprint density at radius 1 is 0.483 bits per heavy atom. The Morgan fingerprint density at radius 2 is 0.931 bits per heavy atom. The van der Waals surface area contributed by atoms with E-state index < -0.39 is 0 Å². The summed E-state index contributed by atoms with van der Waals surface area (Å²) in [7, 11) is 0. The molecule has 0 radical (unpaired) electrons. The van der Waals surface area contributed by atoms with Crippen LogP contribution in [0.25, 0.3) is 44.1 Å². The molecular formula is C27H22N2+2. The second-order valence-electron chi connectivity index (χ2n) is 7.79. The number of rotatable bonds is 2. The molecule has 2 aromatic heterocycles. The number of benzene rings is 3. The van der Waals surface area contributed by atoms with Crippen LogP contribution >= 0.6 is 0 Å². The molecule has 0 fully saturated rings. The van der Waals surface area contributed by atoms with Gasteiger partial charge in [0.15, 0.2) is 25.5 Å². The van der Waals surface area contributed by atoms with Gasteiger partial charge in [0.1, 0.15) is 0 Å². The molecule has 2 heteroatoms. The van der Waals surface area contributed by atoms with Gasteiger partial charge in [-0.05, 0) is 23.3 Å². The van der Waals surface area contributed by atoms with Crippen molar-refractivity contribution in [1.29, 1.82) is 0 Å². The number of pyridine rings is 2. The average molecular weight is 374 g/mol. The van der Waals surface area contributed by atoms with E-state index in [9.17, 15) is 0 Å². The SMILES string of the molecule is c1ccc(-c2cc[n+]3c4c2ccc2c(-c5ccccc5)cc[n+](c24)CCC3)cc1. The highest BCUT2D eigenvalue weighted by molar-refractivity contribution is 6.08. The summed E-state index contributed by atoms with van der Waals surface area (Å²) in [6.45, 7) is 2.10. The zero-order chi connectivity index (χ0) is 19.2. The van der Waals surface area contributed by atoms with Gasteiger partial charge in [-0.25, -0.2) is 0 Å². The van der Waals surface area contributed by atoms with Crippen molar-refractivity contribution in [1.82, 2.24) is 0 Å². The van der Waals surface area contributed by atoms with E-state index in [4.69, 9.17) is 0 Å². The van der Waals surface area contributed by atoms with Gasteiger partial charge in [0.2, 0.25) is 0 Å². The molecule has 0 saturated heterocycles. The van der Waals surface area contributed by atoms with Gasteiger partial charge in [-0.3, -0.25) is 0 Å². The van der Waals surface area contributed by atoms with E-state index in [0.717, 1.165) is 19.5 Å². The van der Waals surface area contributed by atoms with E-state index in [1.165, 1.54) is 44.1 Å². The minimum absolute atomic E-state index is 1.05. The lowest BCUT2D eigenvalue weighted by atomic mass is 9.96. The summed E-state index contributed by atoms with van der Waals surface area (Å²) in [6, 6.07) is 30.7. The van der Waals surface area contributed by atoms with Crippen LogP contribution in [0.4, 0.5) is 0 Å². The topological polar surface area (TPSA) is 7.76 Å². The molecule has 0 bridgehead atoms. The second-order valence-corrected chi connectivity index (χ2v) is 7.79. The number of hydrogen-bond donors (Lipinski definition) is 0. The fourth-order valence-electron chi connectivity index (χ4n) is 4.78. The smallest absolute Gasteiger partial charge is 0.192 e. The first-order chi connectivity index (χ1) is 14.4. The Balaban J connectivity index is 1.75. The van der Waals surface area contributed by atoms with Crippen molar-refractivity contribution in [3.8, 4) is 22.3 Å². The highest BCUT2D eigenvalue weighted by atomic mass is 15.0. The molecule has 5 aromatic rings. The molecule has 3 heterocycles. The third-order valence-corrected chi connectivity index (χ3v) is 6.12. The van der Waals surface area contributed by atoms with Gasteiger partial charge in [-0.2, -0.15) is 9.13 Å².